The van der Waals surface area contributed by atoms with Gasteiger partial charge in [-0.05, 0) is 30.7 Å². The number of methoxy groups -OCH3 is 3. The molecule has 0 saturated heterocycles. The van der Waals surface area contributed by atoms with Gasteiger partial charge < -0.3 is 18.9 Å². The Morgan fingerprint density at radius 1 is 0.955 bits per heavy atom. The molecule has 0 saturated carbocycles. The number of ether oxygens (including phenoxy) is 4. The van der Waals surface area contributed by atoms with Crippen LogP contribution >= 0.6 is 0 Å². The highest BCUT2D eigenvalue weighted by molar-refractivity contribution is 5.36. The van der Waals surface area contributed by atoms with Gasteiger partial charge in [0.05, 0.1) is 27.9 Å². The summed E-state index contributed by atoms with van der Waals surface area (Å²) in [5.41, 5.74) is 1.87. The first kappa shape index (κ1) is 15.9. The molecule has 0 fully saturated rings. The van der Waals surface area contributed by atoms with Crippen LogP contribution in [0, 0.1) is 6.92 Å². The SMILES string of the molecule is COc1ccc(CCOc2cc(C)cnc2OC)nc1OC. The molecule has 0 radical (unpaired) electrons. The van der Waals surface area contributed by atoms with Crippen molar-refractivity contribution < 1.29 is 18.9 Å². The maximum absolute atomic E-state index is 5.74. The van der Waals surface area contributed by atoms with Gasteiger partial charge in [0.25, 0.3) is 11.8 Å². The number of aryl methyl sites for hydroxylation is 1. The first-order chi connectivity index (χ1) is 10.7. The average molecular weight is 304 g/mol. The lowest BCUT2D eigenvalue weighted by Crippen LogP contribution is -2.06. The molecule has 2 heterocycles. The molecule has 0 N–H and O–H groups in total. The number of aromatic nitrogens is 2. The largest absolute Gasteiger partial charge is 0.491 e. The van der Waals surface area contributed by atoms with E-state index in [9.17, 15) is 0 Å². The van der Waals surface area contributed by atoms with Gasteiger partial charge in [-0.3, -0.25) is 0 Å². The Kier molecular flexibility index (Phi) is 5.41. The normalized spacial score (nSPS) is 10.2. The molecule has 0 atom stereocenters. The highest BCUT2D eigenvalue weighted by Gasteiger charge is 2.09. The molecule has 6 nitrogen and oxygen atoms in total. The van der Waals surface area contributed by atoms with Crippen molar-refractivity contribution in [3.05, 3.63) is 35.7 Å². The van der Waals surface area contributed by atoms with E-state index in [0.717, 1.165) is 11.3 Å². The Balaban J connectivity index is 2.01. The van der Waals surface area contributed by atoms with Crippen LogP contribution in [0.2, 0.25) is 0 Å². The lowest BCUT2D eigenvalue weighted by Gasteiger charge is -2.11. The number of nitrogens with zero attached hydrogens (tertiary/aromatic N) is 2. The second-order valence-corrected chi connectivity index (χ2v) is 4.63. The second-order valence-electron chi connectivity index (χ2n) is 4.63. The van der Waals surface area contributed by atoms with Gasteiger partial charge in [0.2, 0.25) is 0 Å². The highest BCUT2D eigenvalue weighted by Crippen LogP contribution is 2.26. The molecule has 118 valence electrons. The third kappa shape index (κ3) is 3.78. The summed E-state index contributed by atoms with van der Waals surface area (Å²) in [5, 5.41) is 0. The summed E-state index contributed by atoms with van der Waals surface area (Å²) in [6.07, 6.45) is 2.37. The lowest BCUT2D eigenvalue weighted by atomic mass is 10.2. The molecule has 6 heteroatoms. The van der Waals surface area contributed by atoms with E-state index in [-0.39, 0.29) is 0 Å². The summed E-state index contributed by atoms with van der Waals surface area (Å²) in [4.78, 5) is 8.55. The standard InChI is InChI=1S/C16H20N2O4/c1-11-9-14(15(20-3)17-10-11)22-8-7-12-5-6-13(19-2)16(18-12)21-4/h5-6,9-10H,7-8H2,1-4H3. The fourth-order valence-electron chi connectivity index (χ4n) is 1.96. The van der Waals surface area contributed by atoms with Crippen LogP contribution in [0.3, 0.4) is 0 Å². The van der Waals surface area contributed by atoms with Crippen LogP contribution in [0.1, 0.15) is 11.3 Å². The quantitative estimate of drug-likeness (QED) is 0.783. The van der Waals surface area contributed by atoms with Gasteiger partial charge in [-0.15, -0.1) is 0 Å². The Bertz CT molecular complexity index is 632. The van der Waals surface area contributed by atoms with Crippen LogP contribution in [0.15, 0.2) is 24.4 Å². The molecule has 2 aromatic heterocycles. The molecule has 0 aliphatic heterocycles. The molecule has 0 unspecified atom stereocenters. The fourth-order valence-corrected chi connectivity index (χ4v) is 1.96. The number of hydrogen-bond acceptors (Lipinski definition) is 6. The Morgan fingerprint density at radius 3 is 2.41 bits per heavy atom. The number of pyridine rings is 2. The minimum absolute atomic E-state index is 0.462. The highest BCUT2D eigenvalue weighted by atomic mass is 16.5. The van der Waals surface area contributed by atoms with Gasteiger partial charge in [0.1, 0.15) is 0 Å². The zero-order valence-corrected chi connectivity index (χ0v) is 13.3. The smallest absolute Gasteiger partial charge is 0.256 e. The van der Waals surface area contributed by atoms with Crippen molar-refractivity contribution in [3.63, 3.8) is 0 Å². The minimum atomic E-state index is 0.462. The lowest BCUT2D eigenvalue weighted by molar-refractivity contribution is 0.289. The molecule has 0 spiro atoms. The van der Waals surface area contributed by atoms with Crippen LogP contribution in [-0.4, -0.2) is 37.9 Å². The van der Waals surface area contributed by atoms with Gasteiger partial charge in [-0.1, -0.05) is 0 Å². The van der Waals surface area contributed by atoms with E-state index < -0.39 is 0 Å². The fraction of sp³-hybridized carbons (Fsp3) is 0.375. The van der Waals surface area contributed by atoms with E-state index in [2.05, 4.69) is 9.97 Å². The molecule has 0 aliphatic rings. The van der Waals surface area contributed by atoms with Crippen LogP contribution in [-0.2, 0) is 6.42 Å². The van der Waals surface area contributed by atoms with E-state index in [1.54, 1.807) is 27.5 Å². The Morgan fingerprint density at radius 2 is 1.73 bits per heavy atom. The van der Waals surface area contributed by atoms with Gasteiger partial charge in [-0.2, -0.15) is 0 Å². The molecular weight excluding hydrogens is 284 g/mol. The number of hydrogen-bond donors (Lipinski definition) is 0. The van der Waals surface area contributed by atoms with Crippen LogP contribution in [0.25, 0.3) is 0 Å². The summed E-state index contributed by atoms with van der Waals surface area (Å²) in [6.45, 7) is 2.42. The van der Waals surface area contributed by atoms with E-state index in [1.165, 1.54) is 0 Å². The maximum atomic E-state index is 5.74. The predicted molar refractivity (Wildman–Crippen MR) is 82.1 cm³/mol. The van der Waals surface area contributed by atoms with E-state index in [0.29, 0.717) is 36.3 Å². The first-order valence-corrected chi connectivity index (χ1v) is 6.89. The van der Waals surface area contributed by atoms with Crippen molar-refractivity contribution in [2.75, 3.05) is 27.9 Å². The van der Waals surface area contributed by atoms with E-state index in [1.807, 2.05) is 25.1 Å². The summed E-state index contributed by atoms with van der Waals surface area (Å²) < 4.78 is 21.3. The molecule has 2 aromatic rings. The molecular formula is C16H20N2O4. The second kappa shape index (κ2) is 7.49. The zero-order valence-electron chi connectivity index (χ0n) is 13.3. The summed E-state index contributed by atoms with van der Waals surface area (Å²) in [6, 6.07) is 5.61. The van der Waals surface area contributed by atoms with Crippen molar-refractivity contribution in [3.8, 4) is 23.3 Å². The summed E-state index contributed by atoms with van der Waals surface area (Å²) >= 11 is 0. The van der Waals surface area contributed by atoms with Crippen molar-refractivity contribution in [1.82, 2.24) is 9.97 Å². The third-order valence-corrected chi connectivity index (χ3v) is 3.06. The Hall–Kier alpha value is -2.50. The van der Waals surface area contributed by atoms with Crippen LogP contribution in [0.5, 0.6) is 23.3 Å². The predicted octanol–water partition coefficient (Wildman–Crippen LogP) is 2.43. The Labute approximate surface area is 130 Å². The minimum Gasteiger partial charge on any atom is -0.491 e. The molecule has 0 bridgehead atoms. The average Bonchev–Trinajstić information content (AvgIpc) is 2.55. The molecule has 0 aliphatic carbocycles. The first-order valence-electron chi connectivity index (χ1n) is 6.89. The van der Waals surface area contributed by atoms with Crippen LogP contribution < -0.4 is 18.9 Å². The van der Waals surface area contributed by atoms with Crippen molar-refractivity contribution >= 4 is 0 Å². The van der Waals surface area contributed by atoms with Gasteiger partial charge in [-0.25, -0.2) is 9.97 Å². The van der Waals surface area contributed by atoms with Crippen molar-refractivity contribution in [2.24, 2.45) is 0 Å². The van der Waals surface area contributed by atoms with Crippen LogP contribution in [0.4, 0.5) is 0 Å². The number of rotatable bonds is 7. The van der Waals surface area contributed by atoms with Gasteiger partial charge >= 0.3 is 0 Å². The molecule has 2 rings (SSSR count). The van der Waals surface area contributed by atoms with Gasteiger partial charge in [0.15, 0.2) is 11.5 Å². The zero-order chi connectivity index (χ0) is 15.9. The van der Waals surface area contributed by atoms with Gasteiger partial charge in [0, 0.05) is 18.3 Å². The maximum Gasteiger partial charge on any atom is 0.256 e. The summed E-state index contributed by atoms with van der Waals surface area (Å²) in [5.74, 6) is 2.18. The molecule has 0 aromatic carbocycles. The van der Waals surface area contributed by atoms with E-state index >= 15 is 0 Å². The van der Waals surface area contributed by atoms with Crippen molar-refractivity contribution in [1.29, 1.82) is 0 Å². The third-order valence-electron chi connectivity index (χ3n) is 3.06. The van der Waals surface area contributed by atoms with Crippen molar-refractivity contribution in [2.45, 2.75) is 13.3 Å². The molecule has 0 amide bonds. The monoisotopic (exact) mass is 304 g/mol. The topological polar surface area (TPSA) is 62.7 Å². The molecule has 22 heavy (non-hydrogen) atoms. The summed E-state index contributed by atoms with van der Waals surface area (Å²) in [7, 11) is 4.72. The van der Waals surface area contributed by atoms with E-state index in [4.69, 9.17) is 18.9 Å².